The van der Waals surface area contributed by atoms with Gasteiger partial charge in [0.1, 0.15) is 0 Å². The van der Waals surface area contributed by atoms with Crippen molar-refractivity contribution in [1.29, 1.82) is 0 Å². The zero-order valence-electron chi connectivity index (χ0n) is 13.9. The number of hydrogen-bond acceptors (Lipinski definition) is 3. The van der Waals surface area contributed by atoms with Crippen LogP contribution in [0.4, 0.5) is 0 Å². The van der Waals surface area contributed by atoms with Crippen molar-refractivity contribution in [3.05, 3.63) is 35.9 Å². The Morgan fingerprint density at radius 1 is 1.14 bits per heavy atom. The van der Waals surface area contributed by atoms with Gasteiger partial charge in [0.25, 0.3) is 0 Å². The predicted molar refractivity (Wildman–Crippen MR) is 87.4 cm³/mol. The Morgan fingerprint density at radius 3 is 2.41 bits per heavy atom. The Morgan fingerprint density at radius 2 is 1.82 bits per heavy atom. The monoisotopic (exact) mass is 305 g/mol. The lowest BCUT2D eigenvalue weighted by molar-refractivity contribution is -0.144. The number of benzene rings is 1. The summed E-state index contributed by atoms with van der Waals surface area (Å²) in [5.74, 6) is 0.343. The number of hydrogen-bond donors (Lipinski definition) is 0. The molecule has 0 aliphatic rings. The van der Waals surface area contributed by atoms with Gasteiger partial charge >= 0.3 is 5.97 Å². The van der Waals surface area contributed by atoms with E-state index in [1.807, 2.05) is 30.3 Å². The van der Waals surface area contributed by atoms with E-state index in [1.165, 1.54) is 0 Å². The summed E-state index contributed by atoms with van der Waals surface area (Å²) in [6, 6.07) is 9.69. The lowest BCUT2D eigenvalue weighted by Crippen LogP contribution is -2.35. The van der Waals surface area contributed by atoms with Crippen LogP contribution in [0.15, 0.2) is 30.3 Å². The maximum absolute atomic E-state index is 12.5. The van der Waals surface area contributed by atoms with E-state index in [2.05, 4.69) is 13.8 Å². The molecule has 0 saturated carbocycles. The Labute approximate surface area is 133 Å². The van der Waals surface area contributed by atoms with Gasteiger partial charge in [0, 0.05) is 13.1 Å². The van der Waals surface area contributed by atoms with Crippen LogP contribution in [-0.4, -0.2) is 36.5 Å². The largest absolute Gasteiger partial charge is 0.466 e. The second kappa shape index (κ2) is 9.98. The molecule has 0 radical (unpaired) electrons. The fraction of sp³-hybridized carbons (Fsp3) is 0.556. The van der Waals surface area contributed by atoms with Crippen molar-refractivity contribution in [2.24, 2.45) is 5.92 Å². The summed E-state index contributed by atoms with van der Waals surface area (Å²) >= 11 is 0. The minimum absolute atomic E-state index is 0.0659. The predicted octanol–water partition coefficient (Wildman–Crippen LogP) is 3.06. The van der Waals surface area contributed by atoms with Crippen LogP contribution in [0.5, 0.6) is 0 Å². The van der Waals surface area contributed by atoms with Crippen LogP contribution < -0.4 is 0 Å². The summed E-state index contributed by atoms with van der Waals surface area (Å²) in [5.41, 5.74) is 0.998. The van der Waals surface area contributed by atoms with E-state index in [0.717, 1.165) is 12.0 Å². The number of carbonyl (C=O) groups excluding carboxylic acids is 2. The highest BCUT2D eigenvalue weighted by atomic mass is 16.5. The molecule has 0 aliphatic carbocycles. The molecule has 1 aromatic rings. The van der Waals surface area contributed by atoms with Gasteiger partial charge in [0.2, 0.25) is 5.91 Å². The highest BCUT2D eigenvalue weighted by Gasteiger charge is 2.16. The molecular weight excluding hydrogens is 278 g/mol. The lowest BCUT2D eigenvalue weighted by Gasteiger charge is -2.23. The van der Waals surface area contributed by atoms with E-state index >= 15 is 0 Å². The van der Waals surface area contributed by atoms with E-state index in [4.69, 9.17) is 4.74 Å². The molecule has 4 heteroatoms. The van der Waals surface area contributed by atoms with Crippen molar-refractivity contribution >= 4 is 11.9 Å². The van der Waals surface area contributed by atoms with Crippen LogP contribution in [0.1, 0.15) is 39.2 Å². The van der Waals surface area contributed by atoms with E-state index in [-0.39, 0.29) is 18.3 Å². The van der Waals surface area contributed by atoms with E-state index in [1.54, 1.807) is 11.8 Å². The maximum atomic E-state index is 12.5. The second-order valence-electron chi connectivity index (χ2n) is 5.78. The van der Waals surface area contributed by atoms with Crippen LogP contribution >= 0.6 is 0 Å². The van der Waals surface area contributed by atoms with Gasteiger partial charge in [-0.15, -0.1) is 0 Å². The molecule has 0 aromatic heterocycles. The quantitative estimate of drug-likeness (QED) is 0.659. The first-order valence-electron chi connectivity index (χ1n) is 8.00. The number of carbonyl (C=O) groups is 2. The molecule has 22 heavy (non-hydrogen) atoms. The smallest absolute Gasteiger partial charge is 0.307 e. The van der Waals surface area contributed by atoms with Crippen molar-refractivity contribution in [3.8, 4) is 0 Å². The highest BCUT2D eigenvalue weighted by Crippen LogP contribution is 2.08. The summed E-state index contributed by atoms with van der Waals surface area (Å²) in [7, 11) is 0. The minimum atomic E-state index is -0.246. The Kier molecular flexibility index (Phi) is 8.26. The first-order valence-corrected chi connectivity index (χ1v) is 8.00. The zero-order chi connectivity index (χ0) is 16.4. The van der Waals surface area contributed by atoms with Crippen LogP contribution in [0.2, 0.25) is 0 Å². The number of ether oxygens (including phenoxy) is 1. The van der Waals surface area contributed by atoms with Crippen LogP contribution in [-0.2, 0) is 20.7 Å². The van der Waals surface area contributed by atoms with Gasteiger partial charge in [-0.05, 0) is 24.8 Å². The molecular formula is C18H27NO3. The third-order valence-corrected chi connectivity index (χ3v) is 3.42. The maximum Gasteiger partial charge on any atom is 0.307 e. The fourth-order valence-electron chi connectivity index (χ4n) is 2.12. The van der Waals surface area contributed by atoms with Gasteiger partial charge in [-0.3, -0.25) is 9.59 Å². The summed E-state index contributed by atoms with van der Waals surface area (Å²) in [5, 5.41) is 0. The van der Waals surface area contributed by atoms with Crippen molar-refractivity contribution < 1.29 is 14.3 Å². The van der Waals surface area contributed by atoms with Crippen LogP contribution in [0.25, 0.3) is 0 Å². The van der Waals surface area contributed by atoms with Crippen molar-refractivity contribution in [3.63, 3.8) is 0 Å². The molecule has 0 N–H and O–H groups in total. The molecule has 1 amide bonds. The number of nitrogens with zero attached hydrogens (tertiary/aromatic N) is 1. The molecule has 0 heterocycles. The molecule has 122 valence electrons. The first kappa shape index (κ1) is 18.2. The van der Waals surface area contributed by atoms with Crippen molar-refractivity contribution in [2.75, 3.05) is 19.7 Å². The molecule has 0 fully saturated rings. The third kappa shape index (κ3) is 7.25. The lowest BCUT2D eigenvalue weighted by atomic mass is 10.1. The first-order chi connectivity index (χ1) is 10.5. The van der Waals surface area contributed by atoms with Gasteiger partial charge in [-0.2, -0.15) is 0 Å². The highest BCUT2D eigenvalue weighted by molar-refractivity contribution is 5.79. The summed E-state index contributed by atoms with van der Waals surface area (Å²) in [6.07, 6.45) is 1.57. The van der Waals surface area contributed by atoms with Gasteiger partial charge < -0.3 is 9.64 Å². The average molecular weight is 305 g/mol. The molecule has 4 nitrogen and oxygen atoms in total. The summed E-state index contributed by atoms with van der Waals surface area (Å²) in [4.78, 5) is 25.8. The topological polar surface area (TPSA) is 46.6 Å². The molecule has 0 atom stereocenters. The van der Waals surface area contributed by atoms with Gasteiger partial charge in [-0.25, -0.2) is 0 Å². The zero-order valence-corrected chi connectivity index (χ0v) is 13.9. The van der Waals surface area contributed by atoms with E-state index < -0.39 is 0 Å². The standard InChI is InChI=1S/C18H27NO3/c1-4-22-18(21)11-13-19(12-10-15(2)3)17(20)14-16-8-6-5-7-9-16/h5-9,15H,4,10-14H2,1-3H3. The van der Waals surface area contributed by atoms with Crippen LogP contribution in [0, 0.1) is 5.92 Å². The summed E-state index contributed by atoms with van der Waals surface area (Å²) in [6.45, 7) is 7.54. The fourth-order valence-corrected chi connectivity index (χ4v) is 2.12. The third-order valence-electron chi connectivity index (χ3n) is 3.42. The molecule has 0 bridgehead atoms. The molecule has 1 rings (SSSR count). The second-order valence-corrected chi connectivity index (χ2v) is 5.78. The van der Waals surface area contributed by atoms with Gasteiger partial charge in [0.05, 0.1) is 19.4 Å². The Balaban J connectivity index is 2.59. The number of rotatable bonds is 9. The van der Waals surface area contributed by atoms with Gasteiger partial charge in [0.15, 0.2) is 0 Å². The molecule has 0 saturated heterocycles. The minimum Gasteiger partial charge on any atom is -0.466 e. The normalized spacial score (nSPS) is 10.5. The van der Waals surface area contributed by atoms with Crippen molar-refractivity contribution in [2.45, 2.75) is 40.0 Å². The number of amides is 1. The summed E-state index contributed by atoms with van der Waals surface area (Å²) < 4.78 is 4.94. The van der Waals surface area contributed by atoms with Crippen LogP contribution in [0.3, 0.4) is 0 Å². The van der Waals surface area contributed by atoms with Crippen molar-refractivity contribution in [1.82, 2.24) is 4.90 Å². The SMILES string of the molecule is CCOC(=O)CCN(CCC(C)C)C(=O)Cc1ccccc1. The molecule has 1 aromatic carbocycles. The number of esters is 1. The average Bonchev–Trinajstić information content (AvgIpc) is 2.48. The Bertz CT molecular complexity index is 457. The van der Waals surface area contributed by atoms with E-state index in [9.17, 15) is 9.59 Å². The Hall–Kier alpha value is -1.84. The van der Waals surface area contributed by atoms with Gasteiger partial charge in [-0.1, -0.05) is 44.2 Å². The molecule has 0 aliphatic heterocycles. The molecule has 0 spiro atoms. The van der Waals surface area contributed by atoms with E-state index in [0.29, 0.717) is 32.0 Å². The molecule has 0 unspecified atom stereocenters.